The Morgan fingerprint density at radius 3 is 3.08 bits per heavy atom. The molecule has 0 N–H and O–H groups in total. The Hall–Kier alpha value is -0.461. The third-order valence-corrected chi connectivity index (χ3v) is 2.99. The molecule has 1 unspecified atom stereocenters. The van der Waals surface area contributed by atoms with Crippen molar-refractivity contribution < 1.29 is 4.74 Å². The van der Waals surface area contributed by atoms with E-state index in [1.165, 1.54) is 11.1 Å². The fraction of sp³-hybridized carbons (Fsp3) is 0.400. The summed E-state index contributed by atoms with van der Waals surface area (Å²) >= 11 is 3.01. The van der Waals surface area contributed by atoms with Gasteiger partial charge in [0.25, 0.3) is 0 Å². The van der Waals surface area contributed by atoms with Crippen LogP contribution in [-0.4, -0.2) is 22.1 Å². The molecule has 0 bridgehead atoms. The molecule has 1 aromatic carbocycles. The average molecular weight is 226 g/mol. The molecular formula is C10H11OSe. The van der Waals surface area contributed by atoms with E-state index >= 15 is 0 Å². The average Bonchev–Trinajstić information content (AvgIpc) is 2.49. The monoisotopic (exact) mass is 227 g/mol. The van der Waals surface area contributed by atoms with Crippen LogP contribution in [0.5, 0.6) is 5.75 Å². The van der Waals surface area contributed by atoms with Gasteiger partial charge < -0.3 is 0 Å². The zero-order valence-electron chi connectivity index (χ0n) is 7.04. The number of hydrogen-bond donors (Lipinski definition) is 0. The van der Waals surface area contributed by atoms with Gasteiger partial charge in [0.2, 0.25) is 0 Å². The van der Waals surface area contributed by atoms with E-state index in [1.807, 2.05) is 0 Å². The van der Waals surface area contributed by atoms with E-state index in [1.54, 1.807) is 0 Å². The van der Waals surface area contributed by atoms with Gasteiger partial charge in [-0.25, -0.2) is 0 Å². The minimum atomic E-state index is 0.362. The first-order chi connectivity index (χ1) is 5.81. The predicted octanol–water partition coefficient (Wildman–Crippen LogP) is 1.89. The van der Waals surface area contributed by atoms with Crippen LogP contribution < -0.4 is 4.74 Å². The number of fused-ring (bicyclic) bond motifs is 1. The Labute approximate surface area is 80.9 Å². The maximum absolute atomic E-state index is 5.76. The summed E-state index contributed by atoms with van der Waals surface area (Å²) < 4.78 is 5.76. The molecule has 0 saturated carbocycles. The molecule has 1 heterocycles. The molecular weight excluding hydrogens is 215 g/mol. The molecule has 1 aromatic rings. The van der Waals surface area contributed by atoms with Crippen LogP contribution in [0.25, 0.3) is 0 Å². The van der Waals surface area contributed by atoms with Gasteiger partial charge in [-0.3, -0.25) is 0 Å². The zero-order chi connectivity index (χ0) is 8.55. The second-order valence-electron chi connectivity index (χ2n) is 3.17. The van der Waals surface area contributed by atoms with Crippen molar-refractivity contribution in [2.45, 2.75) is 24.8 Å². The third-order valence-electron chi connectivity index (χ3n) is 2.21. The molecule has 1 nitrogen and oxygen atoms in total. The Bertz CT molecular complexity index is 296. The van der Waals surface area contributed by atoms with Crippen molar-refractivity contribution in [1.29, 1.82) is 0 Å². The first-order valence-electron chi connectivity index (χ1n) is 4.14. The molecule has 0 aromatic heterocycles. The Kier molecular flexibility index (Phi) is 2.12. The molecule has 0 saturated heterocycles. The topological polar surface area (TPSA) is 9.23 Å². The molecule has 0 fully saturated rings. The van der Waals surface area contributed by atoms with Crippen molar-refractivity contribution in [2.24, 2.45) is 0 Å². The van der Waals surface area contributed by atoms with E-state index in [2.05, 4.69) is 41.1 Å². The standard InChI is InChI=1S/C10H11OSe/c1-7-3-2-4-8-5-9(6-12)11-10(7)8/h2-4,9H,5-6H2,1H3. The SMILES string of the molecule is Cc1cccc2c1OC(C[Se])C2. The van der Waals surface area contributed by atoms with Crippen molar-refractivity contribution in [1.82, 2.24) is 0 Å². The van der Waals surface area contributed by atoms with Crippen molar-refractivity contribution in [2.75, 3.05) is 0 Å². The van der Waals surface area contributed by atoms with Gasteiger partial charge in [0.05, 0.1) is 0 Å². The summed E-state index contributed by atoms with van der Waals surface area (Å²) in [6.45, 7) is 2.10. The van der Waals surface area contributed by atoms with E-state index < -0.39 is 0 Å². The van der Waals surface area contributed by atoms with Gasteiger partial charge in [-0.1, -0.05) is 0 Å². The minimum absolute atomic E-state index is 0.362. The molecule has 1 aliphatic heterocycles. The fourth-order valence-corrected chi connectivity index (χ4v) is 1.98. The fourth-order valence-electron chi connectivity index (χ4n) is 1.59. The van der Waals surface area contributed by atoms with Crippen molar-refractivity contribution in [3.63, 3.8) is 0 Å². The van der Waals surface area contributed by atoms with Crippen LogP contribution in [0.3, 0.4) is 0 Å². The van der Waals surface area contributed by atoms with Gasteiger partial charge in [-0.15, -0.1) is 0 Å². The normalized spacial score (nSPS) is 20.3. The molecule has 2 heteroatoms. The predicted molar refractivity (Wildman–Crippen MR) is 49.9 cm³/mol. The van der Waals surface area contributed by atoms with Crippen LogP contribution in [0.15, 0.2) is 18.2 Å². The Morgan fingerprint density at radius 2 is 2.42 bits per heavy atom. The Morgan fingerprint density at radius 1 is 1.58 bits per heavy atom. The number of aryl methyl sites for hydroxylation is 1. The van der Waals surface area contributed by atoms with Crippen LogP contribution in [0.4, 0.5) is 0 Å². The summed E-state index contributed by atoms with van der Waals surface area (Å²) in [5, 5.41) is 0.980. The summed E-state index contributed by atoms with van der Waals surface area (Å²) in [5.74, 6) is 1.11. The van der Waals surface area contributed by atoms with Gasteiger partial charge in [0.15, 0.2) is 0 Å². The molecule has 0 aliphatic carbocycles. The van der Waals surface area contributed by atoms with Gasteiger partial charge >= 0.3 is 80.6 Å². The molecule has 1 atom stereocenters. The molecule has 12 heavy (non-hydrogen) atoms. The number of hydrogen-bond acceptors (Lipinski definition) is 1. The number of para-hydroxylation sites is 1. The van der Waals surface area contributed by atoms with Crippen LogP contribution in [-0.2, 0) is 6.42 Å². The summed E-state index contributed by atoms with van der Waals surface area (Å²) in [6.07, 6.45) is 1.42. The summed E-state index contributed by atoms with van der Waals surface area (Å²) in [6, 6.07) is 6.35. The number of ether oxygens (including phenoxy) is 1. The molecule has 1 radical (unpaired) electrons. The molecule has 0 amide bonds. The first kappa shape index (κ1) is 8.15. The molecule has 2 rings (SSSR count). The van der Waals surface area contributed by atoms with E-state index in [4.69, 9.17) is 4.74 Å². The van der Waals surface area contributed by atoms with Crippen molar-refractivity contribution in [3.05, 3.63) is 29.3 Å². The van der Waals surface area contributed by atoms with Crippen LogP contribution in [0.2, 0.25) is 5.32 Å². The van der Waals surface area contributed by atoms with E-state index in [9.17, 15) is 0 Å². The third kappa shape index (κ3) is 1.26. The quantitative estimate of drug-likeness (QED) is 0.664. The van der Waals surface area contributed by atoms with Gasteiger partial charge in [0.1, 0.15) is 0 Å². The van der Waals surface area contributed by atoms with E-state index in [0.29, 0.717) is 6.10 Å². The number of benzene rings is 1. The summed E-state index contributed by atoms with van der Waals surface area (Å²) in [7, 11) is 0. The first-order valence-corrected chi connectivity index (χ1v) is 5.35. The maximum atomic E-state index is 5.76. The molecule has 63 valence electrons. The summed E-state index contributed by atoms with van der Waals surface area (Å²) in [5.41, 5.74) is 2.61. The van der Waals surface area contributed by atoms with Gasteiger partial charge in [-0.2, -0.15) is 0 Å². The van der Waals surface area contributed by atoms with Crippen LogP contribution >= 0.6 is 0 Å². The van der Waals surface area contributed by atoms with Gasteiger partial charge in [-0.05, 0) is 0 Å². The van der Waals surface area contributed by atoms with E-state index in [0.717, 1.165) is 17.5 Å². The molecule has 0 spiro atoms. The van der Waals surface area contributed by atoms with Gasteiger partial charge in [0, 0.05) is 0 Å². The van der Waals surface area contributed by atoms with E-state index in [-0.39, 0.29) is 0 Å². The summed E-state index contributed by atoms with van der Waals surface area (Å²) in [4.78, 5) is 0. The second kappa shape index (κ2) is 3.12. The zero-order valence-corrected chi connectivity index (χ0v) is 8.75. The van der Waals surface area contributed by atoms with Crippen molar-refractivity contribution >= 4 is 16.0 Å². The Balaban J connectivity index is 2.35. The molecule has 1 aliphatic rings. The van der Waals surface area contributed by atoms with Crippen LogP contribution in [0, 0.1) is 6.92 Å². The van der Waals surface area contributed by atoms with Crippen molar-refractivity contribution in [3.8, 4) is 5.75 Å². The van der Waals surface area contributed by atoms with Crippen LogP contribution in [0.1, 0.15) is 11.1 Å². The second-order valence-corrected chi connectivity index (χ2v) is 3.87. The number of rotatable bonds is 1.